The number of para-hydroxylation sites is 1. The molecule has 1 aromatic rings. The van der Waals surface area contributed by atoms with Crippen molar-refractivity contribution < 1.29 is 4.18 Å². The van der Waals surface area contributed by atoms with Gasteiger partial charge in [0.2, 0.25) is 0 Å². The smallest absolute Gasteiger partial charge is 0.286 e. The first-order valence-corrected chi connectivity index (χ1v) is 11.3. The van der Waals surface area contributed by atoms with Gasteiger partial charge in [-0.1, -0.05) is 56.7 Å². The number of rotatable bonds is 5. The molecule has 0 bridgehead atoms. The number of benzene rings is 1. The molecule has 1 aromatic carbocycles. The SMILES string of the molecule is S=C(OSC1CCCCC1)N(SC1CCCCC1)c1ccccc1. The van der Waals surface area contributed by atoms with Crippen LogP contribution in [-0.2, 0) is 4.18 Å². The Morgan fingerprint density at radius 1 is 0.875 bits per heavy atom. The van der Waals surface area contributed by atoms with Gasteiger partial charge in [-0.3, -0.25) is 0 Å². The lowest BCUT2D eigenvalue weighted by Gasteiger charge is -2.30. The van der Waals surface area contributed by atoms with E-state index in [0.717, 1.165) is 5.69 Å². The van der Waals surface area contributed by atoms with Gasteiger partial charge in [0, 0.05) is 10.5 Å². The normalized spacial score (nSPS) is 19.8. The van der Waals surface area contributed by atoms with E-state index in [1.165, 1.54) is 64.2 Å². The Morgan fingerprint density at radius 2 is 1.46 bits per heavy atom. The average Bonchev–Trinajstić information content (AvgIpc) is 2.66. The molecule has 0 heterocycles. The molecular weight excluding hydrogens is 354 g/mol. The molecule has 2 fully saturated rings. The molecule has 0 aromatic heterocycles. The van der Waals surface area contributed by atoms with Crippen LogP contribution in [0.25, 0.3) is 0 Å². The molecule has 2 saturated carbocycles. The molecule has 5 heteroatoms. The maximum Gasteiger partial charge on any atom is 0.286 e. The molecule has 0 aliphatic heterocycles. The zero-order valence-electron chi connectivity index (χ0n) is 14.2. The molecule has 2 nitrogen and oxygen atoms in total. The second-order valence-corrected chi connectivity index (χ2v) is 9.32. The third kappa shape index (κ3) is 5.57. The fraction of sp³-hybridized carbons (Fsp3) is 0.632. The van der Waals surface area contributed by atoms with Crippen molar-refractivity contribution >= 4 is 47.1 Å². The van der Waals surface area contributed by atoms with Gasteiger partial charge in [-0.2, -0.15) is 0 Å². The largest absolute Gasteiger partial charge is 0.396 e. The fourth-order valence-electron chi connectivity index (χ4n) is 3.40. The van der Waals surface area contributed by atoms with Gasteiger partial charge in [0.25, 0.3) is 5.17 Å². The predicted molar refractivity (Wildman–Crippen MR) is 112 cm³/mol. The van der Waals surface area contributed by atoms with Crippen LogP contribution in [0.5, 0.6) is 0 Å². The van der Waals surface area contributed by atoms with Gasteiger partial charge in [0.15, 0.2) is 0 Å². The van der Waals surface area contributed by atoms with Gasteiger partial charge in [-0.15, -0.1) is 0 Å². The van der Waals surface area contributed by atoms with Gasteiger partial charge in [0.1, 0.15) is 0 Å². The van der Waals surface area contributed by atoms with Crippen LogP contribution in [0.3, 0.4) is 0 Å². The molecule has 0 spiro atoms. The molecule has 0 amide bonds. The van der Waals surface area contributed by atoms with Gasteiger partial charge >= 0.3 is 0 Å². The van der Waals surface area contributed by atoms with Crippen LogP contribution >= 0.6 is 36.2 Å². The standard InChI is InChI=1S/C19H27NOS3/c22-19(21-24-18-14-8-3-9-15-18)20(16-10-4-1-5-11-16)23-17-12-6-2-7-13-17/h1,4-5,10-11,17-18H,2-3,6-9,12-15H2. The van der Waals surface area contributed by atoms with Crippen LogP contribution < -0.4 is 4.31 Å². The van der Waals surface area contributed by atoms with Gasteiger partial charge in [0.05, 0.1) is 17.7 Å². The van der Waals surface area contributed by atoms with Crippen molar-refractivity contribution in [2.45, 2.75) is 74.7 Å². The van der Waals surface area contributed by atoms with Crippen LogP contribution in [0.2, 0.25) is 0 Å². The summed E-state index contributed by atoms with van der Waals surface area (Å²) >= 11 is 9.12. The third-order valence-electron chi connectivity index (χ3n) is 4.77. The number of hydrogen-bond acceptors (Lipinski definition) is 4. The molecule has 2 aliphatic carbocycles. The second kappa shape index (κ2) is 9.93. The van der Waals surface area contributed by atoms with E-state index in [2.05, 4.69) is 28.6 Å². The number of hydrogen-bond donors (Lipinski definition) is 0. The highest BCUT2D eigenvalue weighted by Gasteiger charge is 2.24. The second-order valence-electron chi connectivity index (χ2n) is 6.70. The lowest BCUT2D eigenvalue weighted by Crippen LogP contribution is -2.27. The van der Waals surface area contributed by atoms with E-state index < -0.39 is 0 Å². The average molecular weight is 382 g/mol. The molecular formula is C19H27NOS3. The molecule has 0 saturated heterocycles. The summed E-state index contributed by atoms with van der Waals surface area (Å²) in [5.41, 5.74) is 1.13. The van der Waals surface area contributed by atoms with E-state index in [4.69, 9.17) is 16.4 Å². The molecule has 0 radical (unpaired) electrons. The van der Waals surface area contributed by atoms with Gasteiger partial charge < -0.3 is 4.18 Å². The highest BCUT2D eigenvalue weighted by molar-refractivity contribution is 8.03. The molecule has 132 valence electrons. The van der Waals surface area contributed by atoms with Crippen LogP contribution in [-0.4, -0.2) is 15.7 Å². The Bertz CT molecular complexity index is 499. The van der Waals surface area contributed by atoms with Gasteiger partial charge in [-0.25, -0.2) is 4.31 Å². The van der Waals surface area contributed by atoms with Crippen LogP contribution in [0.4, 0.5) is 5.69 Å². The Hall–Kier alpha value is -0.390. The molecule has 3 rings (SSSR count). The van der Waals surface area contributed by atoms with E-state index in [1.54, 1.807) is 12.0 Å². The van der Waals surface area contributed by atoms with E-state index in [-0.39, 0.29) is 0 Å². The van der Waals surface area contributed by atoms with E-state index in [9.17, 15) is 0 Å². The van der Waals surface area contributed by atoms with Crippen molar-refractivity contribution in [2.24, 2.45) is 0 Å². The maximum absolute atomic E-state index is 5.99. The quantitative estimate of drug-likeness (QED) is 0.316. The van der Waals surface area contributed by atoms with Crippen LogP contribution in [0, 0.1) is 0 Å². The topological polar surface area (TPSA) is 12.5 Å². The molecule has 24 heavy (non-hydrogen) atoms. The minimum atomic E-state index is 0.604. The highest BCUT2D eigenvalue weighted by Crippen LogP contribution is 2.36. The zero-order chi connectivity index (χ0) is 16.6. The summed E-state index contributed by atoms with van der Waals surface area (Å²) in [4.78, 5) is 0. The van der Waals surface area contributed by atoms with E-state index in [0.29, 0.717) is 15.7 Å². The molecule has 0 unspecified atom stereocenters. The summed E-state index contributed by atoms with van der Waals surface area (Å²) in [6.45, 7) is 0. The number of nitrogens with zero attached hydrogens (tertiary/aromatic N) is 1. The Balaban J connectivity index is 1.60. The fourth-order valence-corrected chi connectivity index (χ4v) is 5.82. The van der Waals surface area contributed by atoms with Crippen molar-refractivity contribution in [1.29, 1.82) is 0 Å². The Labute approximate surface area is 160 Å². The van der Waals surface area contributed by atoms with Crippen LogP contribution in [0.1, 0.15) is 64.2 Å². The summed E-state index contributed by atoms with van der Waals surface area (Å²) in [5.74, 6) is 0. The van der Waals surface area contributed by atoms with Crippen molar-refractivity contribution in [3.63, 3.8) is 0 Å². The minimum absolute atomic E-state index is 0.604. The first kappa shape index (κ1) is 18.4. The molecule has 0 atom stereocenters. The van der Waals surface area contributed by atoms with Crippen molar-refractivity contribution in [1.82, 2.24) is 0 Å². The lowest BCUT2D eigenvalue weighted by atomic mass is 10.0. The zero-order valence-corrected chi connectivity index (χ0v) is 16.6. The summed E-state index contributed by atoms with van der Waals surface area (Å²) in [6, 6.07) is 10.4. The monoisotopic (exact) mass is 381 g/mol. The predicted octanol–water partition coefficient (Wildman–Crippen LogP) is 6.76. The first-order chi connectivity index (χ1) is 11.8. The number of thiocarbonyl (C=S) groups is 1. The maximum atomic E-state index is 5.99. The van der Waals surface area contributed by atoms with E-state index in [1.807, 2.05) is 18.0 Å². The Kier molecular flexibility index (Phi) is 7.61. The minimum Gasteiger partial charge on any atom is -0.396 e. The molecule has 0 N–H and O–H groups in total. The highest BCUT2D eigenvalue weighted by atomic mass is 32.2. The van der Waals surface area contributed by atoms with Crippen LogP contribution in [0.15, 0.2) is 30.3 Å². The molecule has 2 aliphatic rings. The van der Waals surface area contributed by atoms with E-state index >= 15 is 0 Å². The Morgan fingerprint density at radius 3 is 2.08 bits per heavy atom. The summed E-state index contributed by atoms with van der Waals surface area (Å²) < 4.78 is 8.13. The van der Waals surface area contributed by atoms with Crippen molar-refractivity contribution in [3.8, 4) is 0 Å². The van der Waals surface area contributed by atoms with Crippen molar-refractivity contribution in [2.75, 3.05) is 4.31 Å². The first-order valence-electron chi connectivity index (χ1n) is 9.22. The summed E-state index contributed by atoms with van der Waals surface area (Å²) in [5, 5.41) is 1.86. The van der Waals surface area contributed by atoms with Gasteiger partial charge in [-0.05, 0) is 62.0 Å². The third-order valence-corrected chi connectivity index (χ3v) is 7.61. The summed E-state index contributed by atoms with van der Waals surface area (Å²) in [6.07, 6.45) is 13.2. The van der Waals surface area contributed by atoms with Crippen molar-refractivity contribution in [3.05, 3.63) is 30.3 Å². The lowest BCUT2D eigenvalue weighted by molar-refractivity contribution is 0.500. The number of anilines is 1. The summed E-state index contributed by atoms with van der Waals surface area (Å²) in [7, 11) is 0.